The van der Waals surface area contributed by atoms with E-state index in [1.54, 1.807) is 0 Å². The molecular formula is C10H10N4O. The van der Waals surface area contributed by atoms with Crippen LogP contribution in [-0.2, 0) is 11.3 Å². The molecule has 15 heavy (non-hydrogen) atoms. The lowest BCUT2D eigenvalue weighted by atomic mass is 10.4. The molecule has 1 amide bonds. The molecule has 0 aromatic carbocycles. The van der Waals surface area contributed by atoms with Crippen LogP contribution in [0.15, 0.2) is 37.1 Å². The summed E-state index contributed by atoms with van der Waals surface area (Å²) < 4.78 is 1.82. The number of carbonyl (C=O) groups is 1. The molecule has 0 aliphatic rings. The van der Waals surface area contributed by atoms with Gasteiger partial charge in [0.05, 0.1) is 6.54 Å². The van der Waals surface area contributed by atoms with E-state index >= 15 is 0 Å². The van der Waals surface area contributed by atoms with Crippen LogP contribution in [0.5, 0.6) is 0 Å². The fourth-order valence-corrected chi connectivity index (χ4v) is 1.25. The van der Waals surface area contributed by atoms with Crippen LogP contribution in [0.4, 0.5) is 0 Å². The zero-order valence-corrected chi connectivity index (χ0v) is 8.05. The van der Waals surface area contributed by atoms with Gasteiger partial charge in [-0.25, -0.2) is 0 Å². The van der Waals surface area contributed by atoms with Crippen molar-refractivity contribution in [1.29, 1.82) is 0 Å². The second-order valence-electron chi connectivity index (χ2n) is 2.97. The molecule has 1 N–H and O–H groups in total. The smallest absolute Gasteiger partial charge is 0.243 e. The molecule has 0 bridgehead atoms. The SMILES string of the molecule is C=CC(=O)NCc1nnc2ccccn12. The lowest BCUT2D eigenvalue weighted by molar-refractivity contribution is -0.116. The second kappa shape index (κ2) is 3.91. The summed E-state index contributed by atoms with van der Waals surface area (Å²) in [5, 5.41) is 10.6. The van der Waals surface area contributed by atoms with Crippen LogP contribution in [0.2, 0.25) is 0 Å². The van der Waals surface area contributed by atoms with Crippen LogP contribution in [0.1, 0.15) is 5.82 Å². The first-order valence-corrected chi connectivity index (χ1v) is 4.50. The van der Waals surface area contributed by atoms with Gasteiger partial charge in [-0.05, 0) is 18.2 Å². The predicted molar refractivity (Wildman–Crippen MR) is 55.0 cm³/mol. The minimum absolute atomic E-state index is 0.220. The highest BCUT2D eigenvalue weighted by atomic mass is 16.1. The van der Waals surface area contributed by atoms with Gasteiger partial charge in [-0.3, -0.25) is 9.20 Å². The summed E-state index contributed by atoms with van der Waals surface area (Å²) >= 11 is 0. The zero-order chi connectivity index (χ0) is 10.7. The van der Waals surface area contributed by atoms with Crippen molar-refractivity contribution < 1.29 is 4.79 Å². The van der Waals surface area contributed by atoms with Gasteiger partial charge in [-0.2, -0.15) is 0 Å². The van der Waals surface area contributed by atoms with Gasteiger partial charge in [0.1, 0.15) is 0 Å². The third-order valence-corrected chi connectivity index (χ3v) is 1.99. The first-order chi connectivity index (χ1) is 7.31. The number of nitrogens with one attached hydrogen (secondary N) is 1. The summed E-state index contributed by atoms with van der Waals surface area (Å²) in [6, 6.07) is 5.62. The molecule has 0 unspecified atom stereocenters. The fourth-order valence-electron chi connectivity index (χ4n) is 1.25. The van der Waals surface area contributed by atoms with Gasteiger partial charge in [0.2, 0.25) is 5.91 Å². The van der Waals surface area contributed by atoms with Crippen molar-refractivity contribution in [3.63, 3.8) is 0 Å². The average Bonchev–Trinajstić information content (AvgIpc) is 2.69. The molecule has 0 atom stereocenters. The average molecular weight is 202 g/mol. The third kappa shape index (κ3) is 1.85. The molecule has 76 valence electrons. The molecule has 0 saturated carbocycles. The van der Waals surface area contributed by atoms with Crippen molar-refractivity contribution in [3.8, 4) is 0 Å². The molecule has 2 aromatic rings. The standard InChI is InChI=1S/C10H10N4O/c1-2-10(15)11-7-9-13-12-8-5-3-4-6-14(8)9/h2-6H,1,7H2,(H,11,15). The Bertz CT molecular complexity index is 503. The molecule has 2 heterocycles. The van der Waals surface area contributed by atoms with Gasteiger partial charge in [-0.1, -0.05) is 12.6 Å². The van der Waals surface area contributed by atoms with Gasteiger partial charge in [0, 0.05) is 6.20 Å². The molecule has 5 nitrogen and oxygen atoms in total. The number of hydrogen-bond acceptors (Lipinski definition) is 3. The number of carbonyl (C=O) groups excluding carboxylic acids is 1. The molecule has 0 saturated heterocycles. The fraction of sp³-hybridized carbons (Fsp3) is 0.100. The maximum atomic E-state index is 11.0. The van der Waals surface area contributed by atoms with Crippen LogP contribution in [0, 0.1) is 0 Å². The Morgan fingerprint density at radius 3 is 3.20 bits per heavy atom. The zero-order valence-electron chi connectivity index (χ0n) is 8.05. The molecule has 0 spiro atoms. The van der Waals surface area contributed by atoms with E-state index in [0.717, 1.165) is 5.65 Å². The van der Waals surface area contributed by atoms with Crippen LogP contribution in [0.25, 0.3) is 5.65 Å². The van der Waals surface area contributed by atoms with Gasteiger partial charge in [0.25, 0.3) is 0 Å². The summed E-state index contributed by atoms with van der Waals surface area (Å²) in [4.78, 5) is 11.0. The van der Waals surface area contributed by atoms with E-state index in [4.69, 9.17) is 0 Å². The van der Waals surface area contributed by atoms with Crippen LogP contribution >= 0.6 is 0 Å². The van der Waals surface area contributed by atoms with Gasteiger partial charge in [-0.15, -0.1) is 10.2 Å². The topological polar surface area (TPSA) is 59.3 Å². The highest BCUT2D eigenvalue weighted by Gasteiger charge is 2.04. The summed E-state index contributed by atoms with van der Waals surface area (Å²) in [5.41, 5.74) is 0.764. The Morgan fingerprint density at radius 1 is 1.53 bits per heavy atom. The number of fused-ring (bicyclic) bond motifs is 1. The van der Waals surface area contributed by atoms with E-state index in [9.17, 15) is 4.79 Å². The van der Waals surface area contributed by atoms with Crippen molar-refractivity contribution in [3.05, 3.63) is 42.9 Å². The summed E-state index contributed by atoms with van der Waals surface area (Å²) in [6.07, 6.45) is 3.08. The van der Waals surface area contributed by atoms with E-state index in [1.165, 1.54) is 6.08 Å². The maximum Gasteiger partial charge on any atom is 0.243 e. The third-order valence-electron chi connectivity index (χ3n) is 1.99. The van der Waals surface area contributed by atoms with Crippen molar-refractivity contribution in [2.24, 2.45) is 0 Å². The van der Waals surface area contributed by atoms with E-state index in [-0.39, 0.29) is 5.91 Å². The minimum atomic E-state index is -0.220. The number of hydrogen-bond donors (Lipinski definition) is 1. The van der Waals surface area contributed by atoms with E-state index in [1.807, 2.05) is 28.8 Å². The van der Waals surface area contributed by atoms with E-state index in [0.29, 0.717) is 12.4 Å². The van der Waals surface area contributed by atoms with Crippen molar-refractivity contribution in [2.45, 2.75) is 6.54 Å². The Hall–Kier alpha value is -2.17. The molecule has 0 fully saturated rings. The molecule has 0 aliphatic heterocycles. The van der Waals surface area contributed by atoms with E-state index in [2.05, 4.69) is 22.1 Å². The first-order valence-electron chi connectivity index (χ1n) is 4.50. The first kappa shape index (κ1) is 9.39. The Balaban J connectivity index is 2.21. The molecule has 0 aliphatic carbocycles. The number of aromatic nitrogens is 3. The highest BCUT2D eigenvalue weighted by molar-refractivity contribution is 5.86. The van der Waals surface area contributed by atoms with E-state index < -0.39 is 0 Å². The Morgan fingerprint density at radius 2 is 2.40 bits per heavy atom. The minimum Gasteiger partial charge on any atom is -0.345 e. The lowest BCUT2D eigenvalue weighted by Gasteiger charge is -1.99. The molecule has 0 radical (unpaired) electrons. The quantitative estimate of drug-likeness (QED) is 0.738. The summed E-state index contributed by atoms with van der Waals surface area (Å²) in [5.74, 6) is 0.475. The molecule has 5 heteroatoms. The second-order valence-corrected chi connectivity index (χ2v) is 2.97. The number of rotatable bonds is 3. The largest absolute Gasteiger partial charge is 0.345 e. The number of pyridine rings is 1. The monoisotopic (exact) mass is 202 g/mol. The van der Waals surface area contributed by atoms with Gasteiger partial charge < -0.3 is 5.32 Å². The van der Waals surface area contributed by atoms with Crippen LogP contribution in [0.3, 0.4) is 0 Å². The normalized spacial score (nSPS) is 10.1. The van der Waals surface area contributed by atoms with Crippen molar-refractivity contribution in [1.82, 2.24) is 19.9 Å². The Labute approximate surface area is 86.4 Å². The van der Waals surface area contributed by atoms with Crippen LogP contribution < -0.4 is 5.32 Å². The summed E-state index contributed by atoms with van der Waals surface area (Å²) in [6.45, 7) is 3.71. The highest BCUT2D eigenvalue weighted by Crippen LogP contribution is 2.01. The van der Waals surface area contributed by atoms with Crippen molar-refractivity contribution in [2.75, 3.05) is 0 Å². The molecule has 2 rings (SSSR count). The molecule has 2 aromatic heterocycles. The Kier molecular flexibility index (Phi) is 2.45. The van der Waals surface area contributed by atoms with Gasteiger partial charge in [0.15, 0.2) is 11.5 Å². The maximum absolute atomic E-state index is 11.0. The van der Waals surface area contributed by atoms with Gasteiger partial charge >= 0.3 is 0 Å². The number of amides is 1. The van der Waals surface area contributed by atoms with Crippen LogP contribution in [-0.4, -0.2) is 20.5 Å². The number of nitrogens with zero attached hydrogens (tertiary/aromatic N) is 3. The molecular weight excluding hydrogens is 192 g/mol. The lowest BCUT2D eigenvalue weighted by Crippen LogP contribution is -2.21. The predicted octanol–water partition coefficient (Wildman–Crippen LogP) is 0.531. The summed E-state index contributed by atoms with van der Waals surface area (Å²) in [7, 11) is 0. The van der Waals surface area contributed by atoms with Crippen molar-refractivity contribution >= 4 is 11.6 Å².